The van der Waals surface area contributed by atoms with E-state index in [-0.39, 0.29) is 12.2 Å². The number of rotatable bonds is 6. The van der Waals surface area contributed by atoms with Crippen LogP contribution in [0, 0.1) is 0 Å². The summed E-state index contributed by atoms with van der Waals surface area (Å²) in [5, 5.41) is 0. The zero-order valence-corrected chi connectivity index (χ0v) is 15.0. The van der Waals surface area contributed by atoms with Gasteiger partial charge < -0.3 is 9.47 Å². The summed E-state index contributed by atoms with van der Waals surface area (Å²) >= 11 is 0. The molecule has 2 atom stereocenters. The van der Waals surface area contributed by atoms with Crippen molar-refractivity contribution >= 4 is 16.2 Å². The zero-order chi connectivity index (χ0) is 17.7. The first kappa shape index (κ1) is 18.9. The topological polar surface area (TPSA) is 84.9 Å². The summed E-state index contributed by atoms with van der Waals surface area (Å²) < 4.78 is 38.9. The lowest BCUT2D eigenvalue weighted by Gasteiger charge is -2.34. The van der Waals surface area contributed by atoms with Crippen LogP contribution in [-0.2, 0) is 26.1 Å². The number of ether oxygens (including phenoxy) is 2. The van der Waals surface area contributed by atoms with Crippen molar-refractivity contribution in [2.75, 3.05) is 26.7 Å². The van der Waals surface area contributed by atoms with Gasteiger partial charge in [-0.25, -0.2) is 9.52 Å². The molecule has 0 spiro atoms. The fourth-order valence-electron chi connectivity index (χ4n) is 2.67. The summed E-state index contributed by atoms with van der Waals surface area (Å²) in [5.41, 5.74) is 1.41. The Hall–Kier alpha value is -1.48. The average molecular weight is 356 g/mol. The summed E-state index contributed by atoms with van der Waals surface area (Å²) in [6, 6.07) is 6.92. The summed E-state index contributed by atoms with van der Waals surface area (Å²) in [6.07, 6.45) is 0.309. The van der Waals surface area contributed by atoms with E-state index in [1.807, 2.05) is 13.8 Å². The predicted molar refractivity (Wildman–Crippen MR) is 90.0 cm³/mol. The number of nitrogens with zero attached hydrogens (tertiary/aromatic N) is 1. The minimum atomic E-state index is -3.52. The maximum atomic E-state index is 12.3. The molecule has 0 amide bonds. The van der Waals surface area contributed by atoms with E-state index in [1.165, 1.54) is 11.4 Å². The predicted octanol–water partition coefficient (Wildman–Crippen LogP) is 0.959. The lowest BCUT2D eigenvalue weighted by molar-refractivity contribution is -0.0443. The van der Waals surface area contributed by atoms with Crippen LogP contribution in [0.2, 0.25) is 0 Å². The number of benzene rings is 1. The molecule has 1 fully saturated rings. The zero-order valence-electron chi connectivity index (χ0n) is 14.2. The van der Waals surface area contributed by atoms with Crippen LogP contribution in [0.1, 0.15) is 29.8 Å². The molecule has 8 heteroatoms. The van der Waals surface area contributed by atoms with Gasteiger partial charge in [-0.15, -0.1) is 0 Å². The molecular formula is C16H24N2O5S. The fourth-order valence-corrected chi connectivity index (χ4v) is 4.02. The van der Waals surface area contributed by atoms with E-state index >= 15 is 0 Å². The van der Waals surface area contributed by atoms with Crippen LogP contribution in [0.3, 0.4) is 0 Å². The fraction of sp³-hybridized carbons (Fsp3) is 0.562. The van der Waals surface area contributed by atoms with Crippen molar-refractivity contribution in [3.63, 3.8) is 0 Å². The molecule has 1 heterocycles. The van der Waals surface area contributed by atoms with Gasteiger partial charge in [-0.1, -0.05) is 12.1 Å². The second kappa shape index (κ2) is 8.06. The Morgan fingerprint density at radius 3 is 2.38 bits per heavy atom. The van der Waals surface area contributed by atoms with Crippen molar-refractivity contribution in [1.29, 1.82) is 0 Å². The van der Waals surface area contributed by atoms with E-state index in [9.17, 15) is 13.2 Å². The van der Waals surface area contributed by atoms with E-state index < -0.39 is 16.2 Å². The van der Waals surface area contributed by atoms with E-state index in [0.717, 1.165) is 5.56 Å². The van der Waals surface area contributed by atoms with Crippen LogP contribution >= 0.6 is 0 Å². The van der Waals surface area contributed by atoms with E-state index in [4.69, 9.17) is 4.74 Å². The van der Waals surface area contributed by atoms with Crippen molar-refractivity contribution < 1.29 is 22.7 Å². The van der Waals surface area contributed by atoms with Crippen molar-refractivity contribution in [3.05, 3.63) is 35.4 Å². The second-order valence-corrected chi connectivity index (χ2v) is 7.67. The quantitative estimate of drug-likeness (QED) is 0.768. The Morgan fingerprint density at radius 1 is 1.25 bits per heavy atom. The first-order chi connectivity index (χ1) is 11.3. The minimum Gasteiger partial charge on any atom is -0.465 e. The third kappa shape index (κ3) is 5.01. The Morgan fingerprint density at radius 2 is 1.83 bits per heavy atom. The molecule has 134 valence electrons. The van der Waals surface area contributed by atoms with Gasteiger partial charge in [0.2, 0.25) is 0 Å². The van der Waals surface area contributed by atoms with Crippen LogP contribution in [0.25, 0.3) is 0 Å². The van der Waals surface area contributed by atoms with Crippen molar-refractivity contribution in [3.8, 4) is 0 Å². The molecule has 0 saturated carbocycles. The number of carbonyl (C=O) groups excluding carboxylic acids is 1. The minimum absolute atomic E-state index is 0.115. The highest BCUT2D eigenvalue weighted by Gasteiger charge is 2.30. The monoisotopic (exact) mass is 356 g/mol. The van der Waals surface area contributed by atoms with Gasteiger partial charge in [-0.2, -0.15) is 12.7 Å². The number of carbonyl (C=O) groups is 1. The smallest absolute Gasteiger partial charge is 0.337 e. The maximum absolute atomic E-state index is 12.3. The number of nitrogens with one attached hydrogen (secondary N) is 1. The van der Waals surface area contributed by atoms with Gasteiger partial charge in [0, 0.05) is 19.6 Å². The summed E-state index contributed by atoms with van der Waals surface area (Å²) in [6.45, 7) is 4.73. The third-order valence-electron chi connectivity index (χ3n) is 3.80. The summed E-state index contributed by atoms with van der Waals surface area (Å²) in [5.74, 6) is -0.391. The molecule has 0 aliphatic carbocycles. The molecule has 1 aromatic carbocycles. The van der Waals surface area contributed by atoms with Gasteiger partial charge in [-0.05, 0) is 38.0 Å². The largest absolute Gasteiger partial charge is 0.465 e. The van der Waals surface area contributed by atoms with Crippen LogP contribution in [0.15, 0.2) is 24.3 Å². The first-order valence-corrected chi connectivity index (χ1v) is 9.33. The maximum Gasteiger partial charge on any atom is 0.337 e. The van der Waals surface area contributed by atoms with E-state index in [1.54, 1.807) is 24.3 Å². The molecule has 2 unspecified atom stereocenters. The highest BCUT2D eigenvalue weighted by molar-refractivity contribution is 7.87. The molecule has 0 bridgehead atoms. The Labute approximate surface area is 143 Å². The summed E-state index contributed by atoms with van der Waals surface area (Å²) in [4.78, 5) is 11.4. The molecule has 24 heavy (non-hydrogen) atoms. The number of morpholine rings is 1. The van der Waals surface area contributed by atoms with Crippen molar-refractivity contribution in [2.24, 2.45) is 0 Å². The van der Waals surface area contributed by atoms with Crippen LogP contribution in [-0.4, -0.2) is 57.6 Å². The number of hydrogen-bond acceptors (Lipinski definition) is 5. The molecule has 1 aliphatic heterocycles. The third-order valence-corrected chi connectivity index (χ3v) is 5.35. The molecule has 1 N–H and O–H groups in total. The Bertz CT molecular complexity index is 650. The molecule has 1 aromatic rings. The van der Waals surface area contributed by atoms with Crippen LogP contribution in [0.4, 0.5) is 0 Å². The van der Waals surface area contributed by atoms with E-state index in [0.29, 0.717) is 31.6 Å². The molecule has 7 nitrogen and oxygen atoms in total. The molecular weight excluding hydrogens is 332 g/mol. The number of methoxy groups -OCH3 is 1. The summed E-state index contributed by atoms with van der Waals surface area (Å²) in [7, 11) is -2.18. The van der Waals surface area contributed by atoms with Crippen molar-refractivity contribution in [2.45, 2.75) is 32.5 Å². The molecule has 2 rings (SSSR count). The van der Waals surface area contributed by atoms with Crippen LogP contribution < -0.4 is 4.72 Å². The average Bonchev–Trinajstić information content (AvgIpc) is 2.53. The first-order valence-electron chi connectivity index (χ1n) is 7.89. The number of esters is 1. The molecule has 1 saturated heterocycles. The van der Waals surface area contributed by atoms with Crippen LogP contribution in [0.5, 0.6) is 0 Å². The molecule has 0 radical (unpaired) electrons. The van der Waals surface area contributed by atoms with Gasteiger partial charge in [0.25, 0.3) is 10.2 Å². The molecule has 0 aromatic heterocycles. The lowest BCUT2D eigenvalue weighted by Crippen LogP contribution is -2.52. The Balaban J connectivity index is 1.87. The second-order valence-electron chi connectivity index (χ2n) is 5.91. The van der Waals surface area contributed by atoms with Gasteiger partial charge in [0.15, 0.2) is 0 Å². The standard InChI is InChI=1S/C16H24N2O5S/c1-12-10-18(11-13(2)23-12)24(20,21)17-9-8-14-4-6-15(7-5-14)16(19)22-3/h4-7,12-13,17H,8-11H2,1-3H3. The Kier molecular flexibility index (Phi) is 6.34. The lowest BCUT2D eigenvalue weighted by atomic mass is 10.1. The van der Waals surface area contributed by atoms with E-state index in [2.05, 4.69) is 9.46 Å². The highest BCUT2D eigenvalue weighted by Crippen LogP contribution is 2.13. The number of hydrogen-bond donors (Lipinski definition) is 1. The normalized spacial score (nSPS) is 22.3. The van der Waals surface area contributed by atoms with Gasteiger partial charge in [0.1, 0.15) is 0 Å². The highest BCUT2D eigenvalue weighted by atomic mass is 32.2. The SMILES string of the molecule is COC(=O)c1ccc(CCNS(=O)(=O)N2CC(C)OC(C)C2)cc1. The van der Waals surface area contributed by atoms with Gasteiger partial charge in [0.05, 0.1) is 24.9 Å². The molecule has 1 aliphatic rings. The van der Waals surface area contributed by atoms with Gasteiger partial charge in [-0.3, -0.25) is 0 Å². The van der Waals surface area contributed by atoms with Crippen molar-refractivity contribution in [1.82, 2.24) is 9.03 Å². The van der Waals surface area contributed by atoms with Gasteiger partial charge >= 0.3 is 5.97 Å².